The fourth-order valence-corrected chi connectivity index (χ4v) is 9.88. The second kappa shape index (κ2) is 12.7. The Hall–Kier alpha value is -7.62. The third-order valence-electron chi connectivity index (χ3n) is 12.3. The quantitative estimate of drug-likeness (QED) is 0.175. The van der Waals surface area contributed by atoms with Crippen LogP contribution >= 0.6 is 0 Å². The molecule has 3 nitrogen and oxygen atoms in total. The van der Waals surface area contributed by atoms with E-state index in [1.165, 1.54) is 61.3 Å². The van der Waals surface area contributed by atoms with Gasteiger partial charge in [0.25, 0.3) is 0 Å². The number of rotatable bonds is 5. The van der Waals surface area contributed by atoms with Crippen molar-refractivity contribution in [1.82, 2.24) is 0 Å². The van der Waals surface area contributed by atoms with Crippen LogP contribution in [0.4, 0.5) is 34.1 Å². The monoisotopic (exact) mass is 740 g/mol. The molecule has 1 aliphatic carbocycles. The maximum absolute atomic E-state index is 6.69. The van der Waals surface area contributed by atoms with Gasteiger partial charge in [-0.2, -0.15) is 0 Å². The van der Waals surface area contributed by atoms with Crippen molar-refractivity contribution in [3.63, 3.8) is 0 Å². The van der Waals surface area contributed by atoms with E-state index < -0.39 is 5.41 Å². The molecule has 3 aliphatic rings. The van der Waals surface area contributed by atoms with E-state index in [0.29, 0.717) is 0 Å². The van der Waals surface area contributed by atoms with Crippen molar-refractivity contribution < 1.29 is 4.74 Å². The Kier molecular flexibility index (Phi) is 7.14. The Bertz CT molecular complexity index is 3030. The average Bonchev–Trinajstić information content (AvgIpc) is 3.60. The molecule has 272 valence electrons. The van der Waals surface area contributed by atoms with Gasteiger partial charge in [0.2, 0.25) is 0 Å². The van der Waals surface area contributed by atoms with Crippen LogP contribution in [0.1, 0.15) is 22.3 Å². The SMILES string of the molecule is c1ccc(-c2ccc(N(c3ccccc3)c3ccc(-c4cccc5c4-c4ccccc4C54c5ccccc5N5c6ccccc6Oc6cccc4c65)cc3)cc2)cc1. The van der Waals surface area contributed by atoms with Crippen molar-refractivity contribution in [2.24, 2.45) is 0 Å². The molecule has 0 aromatic heterocycles. The number of benzene rings is 9. The molecule has 0 radical (unpaired) electrons. The van der Waals surface area contributed by atoms with Crippen LogP contribution in [0.3, 0.4) is 0 Å². The second-order valence-electron chi connectivity index (χ2n) is 15.2. The van der Waals surface area contributed by atoms with E-state index in [9.17, 15) is 0 Å². The first kappa shape index (κ1) is 32.6. The van der Waals surface area contributed by atoms with Crippen LogP contribution < -0.4 is 14.5 Å². The van der Waals surface area contributed by atoms with Crippen molar-refractivity contribution in [3.8, 4) is 44.9 Å². The minimum absolute atomic E-state index is 0.550. The summed E-state index contributed by atoms with van der Waals surface area (Å²) >= 11 is 0. The smallest absolute Gasteiger partial charge is 0.151 e. The van der Waals surface area contributed by atoms with Gasteiger partial charge in [0.1, 0.15) is 0 Å². The molecular weight excluding hydrogens is 705 g/mol. The van der Waals surface area contributed by atoms with Crippen LogP contribution in [-0.4, -0.2) is 0 Å². The van der Waals surface area contributed by atoms with Crippen molar-refractivity contribution in [3.05, 3.63) is 241 Å². The van der Waals surface area contributed by atoms with Gasteiger partial charge in [-0.1, -0.05) is 158 Å². The molecular formula is C55H36N2O. The Balaban J connectivity index is 1.02. The first-order chi connectivity index (χ1) is 28.8. The normalized spacial score (nSPS) is 15.1. The zero-order valence-electron chi connectivity index (χ0n) is 31.6. The predicted octanol–water partition coefficient (Wildman–Crippen LogP) is 14.7. The van der Waals surface area contributed by atoms with E-state index in [2.05, 4.69) is 222 Å². The number of hydrogen-bond acceptors (Lipinski definition) is 3. The number of nitrogens with zero attached hydrogens (tertiary/aromatic N) is 2. The molecule has 9 aromatic carbocycles. The average molecular weight is 741 g/mol. The van der Waals surface area contributed by atoms with Gasteiger partial charge in [0, 0.05) is 17.1 Å². The summed E-state index contributed by atoms with van der Waals surface area (Å²) in [7, 11) is 0. The van der Waals surface area contributed by atoms with Crippen molar-refractivity contribution in [2.45, 2.75) is 5.41 Å². The minimum atomic E-state index is -0.550. The number of para-hydroxylation sites is 5. The van der Waals surface area contributed by atoms with Crippen LogP contribution in [0.5, 0.6) is 11.5 Å². The van der Waals surface area contributed by atoms with Gasteiger partial charge in [-0.25, -0.2) is 0 Å². The van der Waals surface area contributed by atoms with Crippen molar-refractivity contribution in [1.29, 1.82) is 0 Å². The van der Waals surface area contributed by atoms with Gasteiger partial charge < -0.3 is 14.5 Å². The molecule has 0 bridgehead atoms. The summed E-state index contributed by atoms with van der Waals surface area (Å²) in [6.45, 7) is 0. The molecule has 0 saturated carbocycles. The van der Waals surface area contributed by atoms with Gasteiger partial charge in [-0.15, -0.1) is 0 Å². The third kappa shape index (κ3) is 4.62. The lowest BCUT2D eigenvalue weighted by Crippen LogP contribution is -2.37. The van der Waals surface area contributed by atoms with Crippen molar-refractivity contribution >= 4 is 34.1 Å². The van der Waals surface area contributed by atoms with Crippen LogP contribution in [0.15, 0.2) is 218 Å². The molecule has 2 heterocycles. The molecule has 0 saturated heterocycles. The summed E-state index contributed by atoms with van der Waals surface area (Å²) in [5.74, 6) is 1.74. The molecule has 0 N–H and O–H groups in total. The Morgan fingerprint density at radius 3 is 1.64 bits per heavy atom. The van der Waals surface area contributed by atoms with Crippen molar-refractivity contribution in [2.75, 3.05) is 9.80 Å². The van der Waals surface area contributed by atoms with Crippen LogP contribution in [0.2, 0.25) is 0 Å². The molecule has 58 heavy (non-hydrogen) atoms. The summed E-state index contributed by atoms with van der Waals surface area (Å²) in [6.07, 6.45) is 0. The molecule has 0 fully saturated rings. The maximum Gasteiger partial charge on any atom is 0.151 e. The molecule has 9 aromatic rings. The third-order valence-corrected chi connectivity index (χ3v) is 12.3. The lowest BCUT2D eigenvalue weighted by atomic mass is 9.64. The highest BCUT2D eigenvalue weighted by Crippen LogP contribution is 2.67. The summed E-state index contributed by atoms with van der Waals surface area (Å²) in [6, 6.07) is 79.0. The van der Waals surface area contributed by atoms with E-state index >= 15 is 0 Å². The summed E-state index contributed by atoms with van der Waals surface area (Å²) in [5.41, 5.74) is 18.5. The van der Waals surface area contributed by atoms with E-state index in [4.69, 9.17) is 4.74 Å². The van der Waals surface area contributed by atoms with E-state index in [1.807, 2.05) is 6.07 Å². The molecule has 12 rings (SSSR count). The molecule has 3 heteroatoms. The molecule has 2 aliphatic heterocycles. The molecule has 0 amide bonds. The summed E-state index contributed by atoms with van der Waals surface area (Å²) < 4.78 is 6.69. The summed E-state index contributed by atoms with van der Waals surface area (Å²) in [4.78, 5) is 4.75. The first-order valence-electron chi connectivity index (χ1n) is 19.9. The Morgan fingerprint density at radius 1 is 0.345 bits per heavy atom. The zero-order valence-corrected chi connectivity index (χ0v) is 31.6. The van der Waals surface area contributed by atoms with Gasteiger partial charge in [-0.05, 0) is 116 Å². The highest BCUT2D eigenvalue weighted by atomic mass is 16.5. The first-order valence-corrected chi connectivity index (χ1v) is 19.9. The largest absolute Gasteiger partial charge is 0.453 e. The van der Waals surface area contributed by atoms with Crippen LogP contribution in [0, 0.1) is 0 Å². The van der Waals surface area contributed by atoms with Gasteiger partial charge in [0.05, 0.1) is 22.5 Å². The number of ether oxygens (including phenoxy) is 1. The topological polar surface area (TPSA) is 15.7 Å². The number of hydrogen-bond donors (Lipinski definition) is 0. The van der Waals surface area contributed by atoms with Gasteiger partial charge in [-0.3, -0.25) is 0 Å². The molecule has 1 unspecified atom stereocenters. The lowest BCUT2D eigenvalue weighted by Gasteiger charge is -2.47. The van der Waals surface area contributed by atoms with Gasteiger partial charge >= 0.3 is 0 Å². The maximum atomic E-state index is 6.69. The fraction of sp³-hybridized carbons (Fsp3) is 0.0182. The Labute approximate surface area is 338 Å². The minimum Gasteiger partial charge on any atom is -0.453 e. The van der Waals surface area contributed by atoms with Gasteiger partial charge in [0.15, 0.2) is 11.5 Å². The number of fused-ring (bicyclic) bond motifs is 11. The molecule has 1 spiro atoms. The molecule has 1 atom stereocenters. The number of anilines is 6. The van der Waals surface area contributed by atoms with Crippen LogP contribution in [0.25, 0.3) is 33.4 Å². The Morgan fingerprint density at radius 2 is 0.862 bits per heavy atom. The van der Waals surface area contributed by atoms with E-state index in [-0.39, 0.29) is 0 Å². The zero-order chi connectivity index (χ0) is 38.2. The van der Waals surface area contributed by atoms with Crippen LogP contribution in [-0.2, 0) is 5.41 Å². The lowest BCUT2D eigenvalue weighted by molar-refractivity contribution is 0.473. The fourth-order valence-electron chi connectivity index (χ4n) is 9.88. The van der Waals surface area contributed by atoms with E-state index in [0.717, 1.165) is 39.9 Å². The second-order valence-corrected chi connectivity index (χ2v) is 15.2. The highest BCUT2D eigenvalue weighted by Gasteiger charge is 2.53. The summed E-state index contributed by atoms with van der Waals surface area (Å²) in [5, 5.41) is 0. The highest BCUT2D eigenvalue weighted by molar-refractivity contribution is 6.02. The standard InChI is InChI=1S/C55H36N2O/c1-3-15-37(16-4-1)38-29-33-41(34-30-38)56(40-17-5-2-6-18-40)42-35-31-39(32-36-42)43-20-13-23-47-53(43)44-19-7-8-21-45(44)55(47)46-22-9-10-25-49(46)57-50-26-11-12-27-51(50)58-52-28-14-24-48(55)54(52)57/h1-36H. The van der Waals surface area contributed by atoms with E-state index in [1.54, 1.807) is 0 Å². The predicted molar refractivity (Wildman–Crippen MR) is 238 cm³/mol.